The van der Waals surface area contributed by atoms with Crippen molar-refractivity contribution in [2.24, 2.45) is 0 Å². The van der Waals surface area contributed by atoms with Crippen LogP contribution in [0.3, 0.4) is 0 Å². The largest absolute Gasteiger partial charge is 0.437 e. The van der Waals surface area contributed by atoms with Crippen LogP contribution in [-0.4, -0.2) is 17.0 Å². The second-order valence-corrected chi connectivity index (χ2v) is 2.00. The molecule has 0 aliphatic heterocycles. The van der Waals surface area contributed by atoms with E-state index in [1.807, 2.05) is 0 Å². The maximum atomic E-state index is 12.1. The van der Waals surface area contributed by atoms with Gasteiger partial charge in [0, 0.05) is 19.4 Å². The van der Waals surface area contributed by atoms with E-state index < -0.39 is 11.9 Å². The van der Waals surface area contributed by atoms with Crippen molar-refractivity contribution in [3.63, 3.8) is 0 Å². The topological polar surface area (TPSA) is 37.8 Å². The van der Waals surface area contributed by atoms with Gasteiger partial charge in [0.25, 0.3) is 0 Å². The van der Waals surface area contributed by atoms with Crippen LogP contribution in [0.2, 0.25) is 0 Å². The van der Waals surface area contributed by atoms with Crippen LogP contribution in [0.5, 0.6) is 0 Å². The van der Waals surface area contributed by atoms with E-state index in [-0.39, 0.29) is 5.82 Å². The third-order valence-corrected chi connectivity index (χ3v) is 1.20. The fourth-order valence-electron chi connectivity index (χ4n) is 0.728. The van der Waals surface area contributed by atoms with Crippen LogP contribution in [0.1, 0.15) is 5.69 Å². The number of hydrogen-bond acceptors (Lipinski definition) is 3. The molecule has 0 atom stereocenters. The second kappa shape index (κ2) is 2.96. The predicted molar refractivity (Wildman–Crippen MR) is 36.6 cm³/mol. The van der Waals surface area contributed by atoms with Crippen molar-refractivity contribution in [1.29, 1.82) is 0 Å². The first-order valence-corrected chi connectivity index (χ1v) is 3.11. The van der Waals surface area contributed by atoms with E-state index in [2.05, 4.69) is 15.3 Å². The molecule has 66 valence electrons. The van der Waals surface area contributed by atoms with Gasteiger partial charge in [-0.2, -0.15) is 13.2 Å². The van der Waals surface area contributed by atoms with Gasteiger partial charge in [-0.3, -0.25) is 0 Å². The maximum Gasteiger partial charge on any atom is 0.437 e. The molecule has 0 radical (unpaired) electrons. The molecule has 0 fully saturated rings. The maximum absolute atomic E-state index is 12.1. The molecule has 0 aliphatic carbocycles. The van der Waals surface area contributed by atoms with Gasteiger partial charge in [0.15, 0.2) is 11.5 Å². The molecule has 0 aromatic carbocycles. The summed E-state index contributed by atoms with van der Waals surface area (Å²) in [4.78, 5) is 6.64. The van der Waals surface area contributed by atoms with Crippen molar-refractivity contribution in [2.45, 2.75) is 6.18 Å². The molecule has 0 amide bonds. The lowest BCUT2D eigenvalue weighted by Crippen LogP contribution is -2.12. The SMILES string of the molecule is CNc1nccnc1C(F)(F)F. The van der Waals surface area contributed by atoms with E-state index in [1.54, 1.807) is 0 Å². The number of aromatic nitrogens is 2. The highest BCUT2D eigenvalue weighted by Crippen LogP contribution is 2.31. The zero-order chi connectivity index (χ0) is 9.19. The summed E-state index contributed by atoms with van der Waals surface area (Å²) in [7, 11) is 1.36. The van der Waals surface area contributed by atoms with Crippen molar-refractivity contribution in [2.75, 3.05) is 12.4 Å². The van der Waals surface area contributed by atoms with E-state index in [4.69, 9.17) is 0 Å². The molecule has 1 aromatic heterocycles. The highest BCUT2D eigenvalue weighted by Gasteiger charge is 2.35. The van der Waals surface area contributed by atoms with Crippen LogP contribution in [0.25, 0.3) is 0 Å². The number of rotatable bonds is 1. The van der Waals surface area contributed by atoms with E-state index in [0.717, 1.165) is 6.20 Å². The van der Waals surface area contributed by atoms with Crippen molar-refractivity contribution >= 4 is 5.82 Å². The van der Waals surface area contributed by atoms with Crippen molar-refractivity contribution in [3.05, 3.63) is 18.1 Å². The molecule has 0 unspecified atom stereocenters. The van der Waals surface area contributed by atoms with E-state index in [1.165, 1.54) is 13.2 Å². The third kappa shape index (κ3) is 1.63. The molecule has 12 heavy (non-hydrogen) atoms. The highest BCUT2D eigenvalue weighted by atomic mass is 19.4. The molecule has 0 saturated carbocycles. The zero-order valence-electron chi connectivity index (χ0n) is 6.18. The standard InChI is InChI=1S/C6H6F3N3/c1-10-5-4(6(7,8)9)11-2-3-12-5/h2-3H,1H3,(H,10,12). The Labute approximate surface area is 66.6 Å². The van der Waals surface area contributed by atoms with Gasteiger partial charge in [0.05, 0.1) is 0 Å². The summed E-state index contributed by atoms with van der Waals surface area (Å²) in [5.41, 5.74) is -0.993. The lowest BCUT2D eigenvalue weighted by atomic mass is 10.4. The van der Waals surface area contributed by atoms with Crippen LogP contribution < -0.4 is 5.32 Å². The van der Waals surface area contributed by atoms with Crippen LogP contribution in [0.15, 0.2) is 12.4 Å². The average Bonchev–Trinajstić information content (AvgIpc) is 2.03. The number of nitrogens with one attached hydrogen (secondary N) is 1. The van der Waals surface area contributed by atoms with Gasteiger partial charge >= 0.3 is 6.18 Å². The van der Waals surface area contributed by atoms with Gasteiger partial charge in [-0.25, -0.2) is 9.97 Å². The first-order valence-electron chi connectivity index (χ1n) is 3.11. The van der Waals surface area contributed by atoms with Crippen molar-refractivity contribution in [1.82, 2.24) is 9.97 Å². The lowest BCUT2D eigenvalue weighted by molar-refractivity contribution is -0.140. The van der Waals surface area contributed by atoms with Crippen LogP contribution >= 0.6 is 0 Å². The molecule has 1 rings (SSSR count). The number of alkyl halides is 3. The summed E-state index contributed by atoms with van der Waals surface area (Å²) >= 11 is 0. The van der Waals surface area contributed by atoms with Gasteiger partial charge in [0.1, 0.15) is 0 Å². The van der Waals surface area contributed by atoms with Crippen LogP contribution in [0.4, 0.5) is 19.0 Å². The normalized spacial score (nSPS) is 11.3. The van der Waals surface area contributed by atoms with Crippen LogP contribution in [-0.2, 0) is 6.18 Å². The number of anilines is 1. The van der Waals surface area contributed by atoms with E-state index >= 15 is 0 Å². The summed E-state index contributed by atoms with van der Waals surface area (Å²) in [5.74, 6) is -0.259. The van der Waals surface area contributed by atoms with Gasteiger partial charge in [-0.05, 0) is 0 Å². The lowest BCUT2D eigenvalue weighted by Gasteiger charge is -2.08. The molecule has 1 N–H and O–H groups in total. The van der Waals surface area contributed by atoms with E-state index in [0.29, 0.717) is 0 Å². The molecule has 0 aliphatic rings. The fraction of sp³-hybridized carbons (Fsp3) is 0.333. The third-order valence-electron chi connectivity index (χ3n) is 1.20. The molecule has 1 aromatic rings. The summed E-state index contributed by atoms with van der Waals surface area (Å²) in [6, 6.07) is 0. The quantitative estimate of drug-likeness (QED) is 0.706. The molecule has 0 bridgehead atoms. The van der Waals surface area contributed by atoms with Gasteiger partial charge in [-0.1, -0.05) is 0 Å². The molecule has 3 nitrogen and oxygen atoms in total. The Morgan fingerprint density at radius 3 is 2.25 bits per heavy atom. The Balaban J connectivity index is 3.14. The smallest absolute Gasteiger partial charge is 0.371 e. The first-order chi connectivity index (χ1) is 5.55. The van der Waals surface area contributed by atoms with Gasteiger partial charge < -0.3 is 5.32 Å². The Hall–Kier alpha value is -1.33. The minimum Gasteiger partial charge on any atom is -0.371 e. The van der Waals surface area contributed by atoms with Crippen molar-refractivity contribution < 1.29 is 13.2 Å². The molecule has 1 heterocycles. The van der Waals surface area contributed by atoms with Crippen LogP contribution in [0, 0.1) is 0 Å². The van der Waals surface area contributed by atoms with Crippen molar-refractivity contribution in [3.8, 4) is 0 Å². The number of halogens is 3. The summed E-state index contributed by atoms with van der Waals surface area (Å²) in [6.45, 7) is 0. The minimum absolute atomic E-state index is 0.259. The molecule has 0 saturated heterocycles. The molecule has 6 heteroatoms. The minimum atomic E-state index is -4.45. The number of nitrogens with zero attached hydrogens (tertiary/aromatic N) is 2. The molecule has 0 spiro atoms. The molecular formula is C6H6F3N3. The first kappa shape index (κ1) is 8.76. The molecular weight excluding hydrogens is 171 g/mol. The Bertz CT molecular complexity index is 271. The summed E-state index contributed by atoms with van der Waals surface area (Å²) in [6.07, 6.45) is -2.25. The average molecular weight is 177 g/mol. The Morgan fingerprint density at radius 2 is 1.83 bits per heavy atom. The zero-order valence-corrected chi connectivity index (χ0v) is 6.18. The predicted octanol–water partition coefficient (Wildman–Crippen LogP) is 1.54. The van der Waals surface area contributed by atoms with Gasteiger partial charge in [0.2, 0.25) is 0 Å². The second-order valence-electron chi connectivity index (χ2n) is 2.00. The fourth-order valence-corrected chi connectivity index (χ4v) is 0.728. The summed E-state index contributed by atoms with van der Waals surface area (Å²) < 4.78 is 36.3. The monoisotopic (exact) mass is 177 g/mol. The highest BCUT2D eigenvalue weighted by molar-refractivity contribution is 5.39. The Kier molecular flexibility index (Phi) is 2.16. The van der Waals surface area contributed by atoms with E-state index in [9.17, 15) is 13.2 Å². The summed E-state index contributed by atoms with van der Waals surface area (Å²) in [5, 5.41) is 2.31. The Morgan fingerprint density at radius 1 is 1.25 bits per heavy atom. The van der Waals surface area contributed by atoms with Gasteiger partial charge in [-0.15, -0.1) is 0 Å². The number of hydrogen-bond donors (Lipinski definition) is 1.